The minimum atomic E-state index is 0.256. The van der Waals surface area contributed by atoms with Gasteiger partial charge in [-0.25, -0.2) is 0 Å². The van der Waals surface area contributed by atoms with Gasteiger partial charge in [0.1, 0.15) is 0 Å². The van der Waals surface area contributed by atoms with Crippen LogP contribution in [0, 0.1) is 11.8 Å². The van der Waals surface area contributed by atoms with Gasteiger partial charge in [-0.3, -0.25) is 0 Å². The molecule has 0 amide bonds. The van der Waals surface area contributed by atoms with E-state index < -0.39 is 0 Å². The molecule has 0 aliphatic heterocycles. The predicted molar refractivity (Wildman–Crippen MR) is 50.2 cm³/mol. The molecule has 0 fully saturated rings. The van der Waals surface area contributed by atoms with E-state index in [1.165, 1.54) is 0 Å². The Morgan fingerprint density at radius 2 is 1.45 bits per heavy atom. The third-order valence-electron chi connectivity index (χ3n) is 2.65. The Hall–Kier alpha value is -0.0800. The van der Waals surface area contributed by atoms with E-state index in [0.717, 1.165) is 6.42 Å². The molecule has 4 atom stereocenters. The van der Waals surface area contributed by atoms with Gasteiger partial charge in [-0.1, -0.05) is 20.3 Å². The van der Waals surface area contributed by atoms with Crippen LogP contribution in [0.1, 0.15) is 34.1 Å². The molecule has 4 unspecified atom stereocenters. The first-order chi connectivity index (χ1) is 5.00. The van der Waals surface area contributed by atoms with Crippen LogP contribution in [0.3, 0.4) is 0 Å². The van der Waals surface area contributed by atoms with E-state index >= 15 is 0 Å². The second-order valence-electron chi connectivity index (χ2n) is 3.65. The summed E-state index contributed by atoms with van der Waals surface area (Å²) in [6.07, 6.45) is 1.13. The average Bonchev–Trinajstić information content (AvgIpc) is 1.88. The standard InChI is InChI=1S/C9H22N2/c1-5-9(8(4)11)6(2)7(3)10/h6-9H,5,10-11H2,1-4H3. The maximum Gasteiger partial charge on any atom is 0.00417 e. The summed E-state index contributed by atoms with van der Waals surface area (Å²) < 4.78 is 0. The summed E-state index contributed by atoms with van der Waals surface area (Å²) in [6.45, 7) is 8.47. The van der Waals surface area contributed by atoms with Gasteiger partial charge in [0.05, 0.1) is 0 Å². The van der Waals surface area contributed by atoms with Gasteiger partial charge in [0, 0.05) is 12.1 Å². The van der Waals surface area contributed by atoms with Crippen LogP contribution in [-0.2, 0) is 0 Å². The molecule has 0 aliphatic carbocycles. The largest absolute Gasteiger partial charge is 0.328 e. The molecular formula is C9H22N2. The van der Waals surface area contributed by atoms with Crippen molar-refractivity contribution in [3.63, 3.8) is 0 Å². The zero-order valence-electron chi connectivity index (χ0n) is 8.17. The SMILES string of the molecule is CCC(C(C)N)C(C)C(C)N. The van der Waals surface area contributed by atoms with Gasteiger partial charge < -0.3 is 11.5 Å². The number of nitrogens with two attached hydrogens (primary N) is 2. The first-order valence-electron chi connectivity index (χ1n) is 4.51. The van der Waals surface area contributed by atoms with Crippen LogP contribution in [0.4, 0.5) is 0 Å². The molecule has 2 heteroatoms. The highest BCUT2D eigenvalue weighted by Gasteiger charge is 2.21. The molecule has 4 N–H and O–H groups in total. The van der Waals surface area contributed by atoms with Gasteiger partial charge in [0.2, 0.25) is 0 Å². The van der Waals surface area contributed by atoms with E-state index in [1.54, 1.807) is 0 Å². The van der Waals surface area contributed by atoms with Gasteiger partial charge in [0.15, 0.2) is 0 Å². The molecule has 0 saturated heterocycles. The van der Waals surface area contributed by atoms with Crippen molar-refractivity contribution in [1.82, 2.24) is 0 Å². The zero-order chi connectivity index (χ0) is 9.02. The van der Waals surface area contributed by atoms with Crippen LogP contribution >= 0.6 is 0 Å². The lowest BCUT2D eigenvalue weighted by Gasteiger charge is -2.28. The molecule has 0 bridgehead atoms. The van der Waals surface area contributed by atoms with Gasteiger partial charge in [-0.15, -0.1) is 0 Å². The third kappa shape index (κ3) is 3.21. The van der Waals surface area contributed by atoms with Gasteiger partial charge in [-0.2, -0.15) is 0 Å². The summed E-state index contributed by atoms with van der Waals surface area (Å²) in [4.78, 5) is 0. The summed E-state index contributed by atoms with van der Waals surface area (Å²) in [7, 11) is 0. The van der Waals surface area contributed by atoms with Crippen molar-refractivity contribution >= 4 is 0 Å². The zero-order valence-corrected chi connectivity index (χ0v) is 8.17. The van der Waals surface area contributed by atoms with Crippen molar-refractivity contribution in [2.75, 3.05) is 0 Å². The van der Waals surface area contributed by atoms with E-state index in [2.05, 4.69) is 27.7 Å². The number of hydrogen-bond donors (Lipinski definition) is 2. The topological polar surface area (TPSA) is 52.0 Å². The number of rotatable bonds is 4. The molecule has 0 aromatic heterocycles. The minimum absolute atomic E-state index is 0.256. The lowest BCUT2D eigenvalue weighted by atomic mass is 9.82. The molecule has 0 aromatic carbocycles. The maximum atomic E-state index is 5.83. The summed E-state index contributed by atoms with van der Waals surface area (Å²) >= 11 is 0. The Kier molecular flexibility index (Phi) is 4.69. The van der Waals surface area contributed by atoms with Crippen molar-refractivity contribution in [2.45, 2.75) is 46.2 Å². The smallest absolute Gasteiger partial charge is 0.00417 e. The van der Waals surface area contributed by atoms with Crippen LogP contribution in [0.15, 0.2) is 0 Å². The van der Waals surface area contributed by atoms with Crippen LogP contribution in [-0.4, -0.2) is 12.1 Å². The van der Waals surface area contributed by atoms with Crippen molar-refractivity contribution in [1.29, 1.82) is 0 Å². The minimum Gasteiger partial charge on any atom is -0.328 e. The van der Waals surface area contributed by atoms with Crippen molar-refractivity contribution in [3.8, 4) is 0 Å². The highest BCUT2D eigenvalue weighted by molar-refractivity contribution is 4.77. The molecule has 0 aliphatic rings. The molecule has 0 saturated carbocycles. The molecule has 0 heterocycles. The summed E-state index contributed by atoms with van der Waals surface area (Å²) in [5.74, 6) is 1.09. The first-order valence-corrected chi connectivity index (χ1v) is 4.51. The van der Waals surface area contributed by atoms with Crippen molar-refractivity contribution in [3.05, 3.63) is 0 Å². The fourth-order valence-corrected chi connectivity index (χ4v) is 1.61. The molecule has 0 radical (unpaired) electrons. The third-order valence-corrected chi connectivity index (χ3v) is 2.65. The molecule has 0 rings (SSSR count). The van der Waals surface area contributed by atoms with E-state index in [1.807, 2.05) is 0 Å². The Labute approximate surface area is 70.3 Å². The number of hydrogen-bond acceptors (Lipinski definition) is 2. The summed E-state index contributed by atoms with van der Waals surface area (Å²) in [5.41, 5.74) is 11.6. The fourth-order valence-electron chi connectivity index (χ4n) is 1.61. The lowest BCUT2D eigenvalue weighted by Crippen LogP contribution is -2.38. The molecular weight excluding hydrogens is 136 g/mol. The average molecular weight is 158 g/mol. The normalized spacial score (nSPS) is 22.4. The summed E-state index contributed by atoms with van der Waals surface area (Å²) in [5, 5.41) is 0. The first kappa shape index (κ1) is 10.9. The molecule has 11 heavy (non-hydrogen) atoms. The van der Waals surface area contributed by atoms with Gasteiger partial charge >= 0.3 is 0 Å². The Balaban J connectivity index is 4.02. The fraction of sp³-hybridized carbons (Fsp3) is 1.00. The molecule has 2 nitrogen and oxygen atoms in total. The second kappa shape index (κ2) is 4.73. The molecule has 0 spiro atoms. The lowest BCUT2D eigenvalue weighted by molar-refractivity contribution is 0.269. The monoisotopic (exact) mass is 158 g/mol. The van der Waals surface area contributed by atoms with E-state index in [9.17, 15) is 0 Å². The Morgan fingerprint density at radius 3 is 1.55 bits per heavy atom. The quantitative estimate of drug-likeness (QED) is 0.648. The maximum absolute atomic E-state index is 5.83. The van der Waals surface area contributed by atoms with E-state index in [4.69, 9.17) is 11.5 Å². The van der Waals surface area contributed by atoms with E-state index in [-0.39, 0.29) is 12.1 Å². The van der Waals surface area contributed by atoms with Gasteiger partial charge in [-0.05, 0) is 25.7 Å². The van der Waals surface area contributed by atoms with E-state index in [0.29, 0.717) is 11.8 Å². The highest BCUT2D eigenvalue weighted by Crippen LogP contribution is 2.20. The van der Waals surface area contributed by atoms with Gasteiger partial charge in [0.25, 0.3) is 0 Å². The van der Waals surface area contributed by atoms with Crippen molar-refractivity contribution < 1.29 is 0 Å². The highest BCUT2D eigenvalue weighted by atomic mass is 14.7. The Bertz CT molecular complexity index is 99.7. The van der Waals surface area contributed by atoms with Crippen LogP contribution in [0.2, 0.25) is 0 Å². The predicted octanol–water partition coefficient (Wildman–Crippen LogP) is 1.34. The molecule has 0 aromatic rings. The van der Waals surface area contributed by atoms with Crippen LogP contribution in [0.5, 0.6) is 0 Å². The second-order valence-corrected chi connectivity index (χ2v) is 3.65. The summed E-state index contributed by atoms with van der Waals surface area (Å²) in [6, 6.07) is 0.520. The Morgan fingerprint density at radius 1 is 1.00 bits per heavy atom. The van der Waals surface area contributed by atoms with Crippen LogP contribution in [0.25, 0.3) is 0 Å². The van der Waals surface area contributed by atoms with Crippen LogP contribution < -0.4 is 11.5 Å². The van der Waals surface area contributed by atoms with Crippen molar-refractivity contribution in [2.24, 2.45) is 23.3 Å². The molecule has 68 valence electrons.